The zero-order chi connectivity index (χ0) is 6.62. The van der Waals surface area contributed by atoms with Gasteiger partial charge in [0.25, 0.3) is 10.1 Å². The van der Waals surface area contributed by atoms with Crippen molar-refractivity contribution >= 4 is 10.1 Å². The SMILES string of the molecule is [K+].[NH-]CCCS(=O)(=O)O. The molecule has 0 aliphatic carbocycles. The summed E-state index contributed by atoms with van der Waals surface area (Å²) in [7, 11) is -3.81. The molecular weight excluding hydrogens is 169 g/mol. The van der Waals surface area contributed by atoms with Crippen molar-refractivity contribution in [3.05, 3.63) is 5.73 Å². The summed E-state index contributed by atoms with van der Waals surface area (Å²) in [5, 5.41) is 0. The Hall–Kier alpha value is 1.51. The van der Waals surface area contributed by atoms with Gasteiger partial charge in [-0.15, -0.1) is 0 Å². The zero-order valence-corrected chi connectivity index (χ0v) is 9.23. The fourth-order valence-electron chi connectivity index (χ4n) is 0.255. The number of hydrogen-bond donors (Lipinski definition) is 1. The molecule has 0 bridgehead atoms. The van der Waals surface area contributed by atoms with Crippen LogP contribution in [0.4, 0.5) is 0 Å². The van der Waals surface area contributed by atoms with Crippen LogP contribution in [0.5, 0.6) is 0 Å². The van der Waals surface area contributed by atoms with Crippen molar-refractivity contribution in [1.82, 2.24) is 0 Å². The van der Waals surface area contributed by atoms with Gasteiger partial charge in [-0.1, -0.05) is 6.42 Å². The first-order valence-electron chi connectivity index (χ1n) is 2.16. The molecule has 0 aliphatic rings. The maximum Gasteiger partial charge on any atom is 1.00 e. The molecule has 0 aromatic carbocycles. The third-order valence-electron chi connectivity index (χ3n) is 0.579. The topological polar surface area (TPSA) is 78.2 Å². The fraction of sp³-hybridized carbons (Fsp3) is 1.00. The van der Waals surface area contributed by atoms with Crippen LogP contribution >= 0.6 is 0 Å². The Morgan fingerprint density at radius 1 is 1.44 bits per heavy atom. The Morgan fingerprint density at radius 3 is 2.00 bits per heavy atom. The summed E-state index contributed by atoms with van der Waals surface area (Å²) in [5.41, 5.74) is 6.51. The van der Waals surface area contributed by atoms with E-state index < -0.39 is 10.1 Å². The van der Waals surface area contributed by atoms with Gasteiger partial charge < -0.3 is 5.73 Å². The monoisotopic (exact) mass is 177 g/mol. The van der Waals surface area contributed by atoms with Crippen LogP contribution in [-0.4, -0.2) is 25.3 Å². The van der Waals surface area contributed by atoms with Crippen LogP contribution in [0.2, 0.25) is 0 Å². The molecule has 0 aromatic heterocycles. The van der Waals surface area contributed by atoms with Gasteiger partial charge in [-0.3, -0.25) is 4.55 Å². The van der Waals surface area contributed by atoms with Crippen molar-refractivity contribution < 1.29 is 64.4 Å². The molecule has 2 N–H and O–H groups in total. The number of rotatable bonds is 3. The van der Waals surface area contributed by atoms with E-state index in [0.29, 0.717) is 0 Å². The minimum Gasteiger partial charge on any atom is -0.677 e. The number of nitrogens with one attached hydrogen (secondary N) is 1. The Balaban J connectivity index is 0. The average Bonchev–Trinajstić information content (AvgIpc) is 1.59. The van der Waals surface area contributed by atoms with Gasteiger partial charge >= 0.3 is 51.4 Å². The van der Waals surface area contributed by atoms with Crippen molar-refractivity contribution in [2.24, 2.45) is 0 Å². The molecule has 0 unspecified atom stereocenters. The maximum absolute atomic E-state index is 9.86. The Morgan fingerprint density at radius 2 is 1.89 bits per heavy atom. The van der Waals surface area contributed by atoms with Gasteiger partial charge in [0, 0.05) is 0 Å². The van der Waals surface area contributed by atoms with Crippen molar-refractivity contribution in [3.63, 3.8) is 0 Å². The molecule has 6 heteroatoms. The van der Waals surface area contributed by atoms with Gasteiger partial charge in [0.15, 0.2) is 0 Å². The average molecular weight is 177 g/mol. The van der Waals surface area contributed by atoms with Crippen LogP contribution in [0.1, 0.15) is 6.42 Å². The minimum absolute atomic E-state index is 0. The molecule has 0 amide bonds. The first kappa shape index (κ1) is 13.1. The molecule has 0 aromatic rings. The quantitative estimate of drug-likeness (QED) is 0.377. The normalized spacial score (nSPS) is 10.4. The van der Waals surface area contributed by atoms with E-state index in [2.05, 4.69) is 0 Å². The zero-order valence-electron chi connectivity index (χ0n) is 5.29. The third kappa shape index (κ3) is 12.7. The van der Waals surface area contributed by atoms with Gasteiger partial charge in [0.05, 0.1) is 5.75 Å². The van der Waals surface area contributed by atoms with Crippen molar-refractivity contribution in [3.8, 4) is 0 Å². The maximum atomic E-state index is 9.86. The summed E-state index contributed by atoms with van der Waals surface area (Å²) < 4.78 is 27.8. The first-order valence-corrected chi connectivity index (χ1v) is 3.77. The van der Waals surface area contributed by atoms with E-state index in [4.69, 9.17) is 10.3 Å². The van der Waals surface area contributed by atoms with Crippen LogP contribution in [0.25, 0.3) is 5.73 Å². The molecule has 0 rings (SSSR count). The smallest absolute Gasteiger partial charge is 0.677 e. The summed E-state index contributed by atoms with van der Waals surface area (Å²) in [6, 6.07) is 0. The first-order chi connectivity index (χ1) is 3.56. The summed E-state index contributed by atoms with van der Waals surface area (Å²) in [4.78, 5) is 0. The molecule has 0 aliphatic heterocycles. The molecule has 0 atom stereocenters. The molecule has 0 saturated carbocycles. The summed E-state index contributed by atoms with van der Waals surface area (Å²) >= 11 is 0. The molecule has 0 spiro atoms. The van der Waals surface area contributed by atoms with Gasteiger partial charge in [-0.25, -0.2) is 0 Å². The van der Waals surface area contributed by atoms with Crippen molar-refractivity contribution in [2.75, 3.05) is 12.3 Å². The summed E-state index contributed by atoms with van der Waals surface area (Å²) in [6.07, 6.45) is 0.207. The van der Waals surface area contributed by atoms with E-state index in [9.17, 15) is 8.42 Å². The second-order valence-corrected chi connectivity index (χ2v) is 2.96. The van der Waals surface area contributed by atoms with Gasteiger partial charge in [-0.05, 0) is 0 Å². The second-order valence-electron chi connectivity index (χ2n) is 1.39. The Kier molecular flexibility index (Phi) is 9.09. The predicted octanol–water partition coefficient (Wildman–Crippen LogP) is -2.68. The summed E-state index contributed by atoms with van der Waals surface area (Å²) in [5.74, 6) is -0.295. The molecule has 9 heavy (non-hydrogen) atoms. The van der Waals surface area contributed by atoms with E-state index >= 15 is 0 Å². The van der Waals surface area contributed by atoms with Crippen LogP contribution in [0.3, 0.4) is 0 Å². The molecule has 50 valence electrons. The summed E-state index contributed by atoms with van der Waals surface area (Å²) in [6.45, 7) is 0.0415. The van der Waals surface area contributed by atoms with E-state index in [1.165, 1.54) is 0 Å². The van der Waals surface area contributed by atoms with Crippen molar-refractivity contribution in [1.29, 1.82) is 0 Å². The number of hydrogen-bond acceptors (Lipinski definition) is 2. The van der Waals surface area contributed by atoms with E-state index in [1.807, 2.05) is 0 Å². The van der Waals surface area contributed by atoms with E-state index in [0.717, 1.165) is 0 Å². The Labute approximate surface area is 97.4 Å². The van der Waals surface area contributed by atoms with Crippen LogP contribution in [-0.2, 0) is 10.1 Å². The van der Waals surface area contributed by atoms with Crippen LogP contribution in [0.15, 0.2) is 0 Å². The molecule has 0 fully saturated rings. The molecular formula is C3H8KNO3S. The molecule has 0 saturated heterocycles. The van der Waals surface area contributed by atoms with Gasteiger partial charge in [0.1, 0.15) is 0 Å². The van der Waals surface area contributed by atoms with E-state index in [-0.39, 0.29) is 70.1 Å². The second kappa shape index (κ2) is 6.23. The van der Waals surface area contributed by atoms with Gasteiger partial charge in [0.2, 0.25) is 0 Å². The molecule has 0 radical (unpaired) electrons. The van der Waals surface area contributed by atoms with E-state index in [1.54, 1.807) is 0 Å². The van der Waals surface area contributed by atoms with Crippen molar-refractivity contribution in [2.45, 2.75) is 6.42 Å². The molecule has 4 nitrogen and oxygen atoms in total. The van der Waals surface area contributed by atoms with Crippen LogP contribution < -0.4 is 51.4 Å². The molecule has 0 heterocycles. The van der Waals surface area contributed by atoms with Gasteiger partial charge in [-0.2, -0.15) is 15.0 Å². The third-order valence-corrected chi connectivity index (χ3v) is 1.38. The minimum atomic E-state index is -3.81. The standard InChI is InChI=1S/C3H8NO3S.K/c4-2-1-3-8(5,6)7;/h4H,1-3H2,(H,5,6,7);/q-1;+1. The Bertz CT molecular complexity index is 143. The fourth-order valence-corrected chi connectivity index (χ4v) is 0.764. The predicted molar refractivity (Wildman–Crippen MR) is 30.2 cm³/mol. The largest absolute Gasteiger partial charge is 1.00 e. The van der Waals surface area contributed by atoms with Crippen LogP contribution in [0, 0.1) is 0 Å².